The highest BCUT2D eigenvalue weighted by Crippen LogP contribution is 2.34. The van der Waals surface area contributed by atoms with Gasteiger partial charge < -0.3 is 15.4 Å². The number of rotatable bonds is 4. The number of urea groups is 1. The zero-order chi connectivity index (χ0) is 16.1. The van der Waals surface area contributed by atoms with Gasteiger partial charge in [0.2, 0.25) is 0 Å². The third kappa shape index (κ3) is 4.04. The van der Waals surface area contributed by atoms with Crippen LogP contribution in [0.5, 0.6) is 0 Å². The molecule has 1 fully saturated rings. The normalized spacial score (nSPS) is 20.2. The Bertz CT molecular complexity index is 649. The molecule has 1 aliphatic rings. The smallest absolute Gasteiger partial charge is 0.319 e. The van der Waals surface area contributed by atoms with Crippen LogP contribution >= 0.6 is 0 Å². The van der Waals surface area contributed by atoms with Gasteiger partial charge in [-0.15, -0.1) is 0 Å². The van der Waals surface area contributed by atoms with E-state index in [4.69, 9.17) is 4.74 Å². The topological polar surface area (TPSA) is 63.2 Å². The maximum atomic E-state index is 13.0. The van der Waals surface area contributed by atoms with Crippen LogP contribution in [-0.4, -0.2) is 24.2 Å². The summed E-state index contributed by atoms with van der Waals surface area (Å²) in [5, 5.41) is 5.61. The Hall–Kier alpha value is -2.47. The Morgan fingerprint density at radius 2 is 1.96 bits per heavy atom. The molecule has 0 bridgehead atoms. The van der Waals surface area contributed by atoms with Crippen LogP contribution in [0, 0.1) is 11.7 Å². The Balaban J connectivity index is 1.54. The monoisotopic (exact) mass is 315 g/mol. The molecule has 2 amide bonds. The fourth-order valence-electron chi connectivity index (χ4n) is 2.70. The molecule has 2 N–H and O–H groups in total. The SMILES string of the molecule is O=C(NC[C@@H]1CCO[C@H]1c1ccc(F)cc1)Nc1ccncc1. The van der Waals surface area contributed by atoms with Gasteiger partial charge in [-0.3, -0.25) is 4.98 Å². The average Bonchev–Trinajstić information content (AvgIpc) is 3.03. The molecular weight excluding hydrogens is 297 g/mol. The van der Waals surface area contributed by atoms with E-state index >= 15 is 0 Å². The highest BCUT2D eigenvalue weighted by Gasteiger charge is 2.29. The number of carbonyl (C=O) groups is 1. The first-order valence-electron chi connectivity index (χ1n) is 7.54. The molecule has 1 aliphatic heterocycles. The number of hydrogen-bond donors (Lipinski definition) is 2. The van der Waals surface area contributed by atoms with E-state index in [9.17, 15) is 9.18 Å². The summed E-state index contributed by atoms with van der Waals surface area (Å²) >= 11 is 0. The van der Waals surface area contributed by atoms with Gasteiger partial charge in [-0.05, 0) is 36.2 Å². The second kappa shape index (κ2) is 7.19. The number of halogens is 1. The van der Waals surface area contributed by atoms with Crippen molar-refractivity contribution in [1.82, 2.24) is 10.3 Å². The van der Waals surface area contributed by atoms with Gasteiger partial charge >= 0.3 is 6.03 Å². The van der Waals surface area contributed by atoms with Gasteiger partial charge in [-0.25, -0.2) is 9.18 Å². The Morgan fingerprint density at radius 1 is 1.22 bits per heavy atom. The predicted octanol–water partition coefficient (Wildman–Crippen LogP) is 3.12. The molecule has 2 heterocycles. The van der Waals surface area contributed by atoms with Crippen molar-refractivity contribution in [3.05, 3.63) is 60.2 Å². The molecule has 120 valence electrons. The van der Waals surface area contributed by atoms with Crippen LogP contribution < -0.4 is 10.6 Å². The molecule has 0 unspecified atom stereocenters. The number of ether oxygens (including phenoxy) is 1. The minimum Gasteiger partial charge on any atom is -0.373 e. The number of nitrogens with zero attached hydrogens (tertiary/aromatic N) is 1. The summed E-state index contributed by atoms with van der Waals surface area (Å²) in [6, 6.07) is 9.50. The number of benzene rings is 1. The number of aromatic nitrogens is 1. The number of anilines is 1. The Morgan fingerprint density at radius 3 is 2.70 bits per heavy atom. The zero-order valence-corrected chi connectivity index (χ0v) is 12.5. The number of pyridine rings is 1. The third-order valence-electron chi connectivity index (χ3n) is 3.88. The summed E-state index contributed by atoms with van der Waals surface area (Å²) in [6.45, 7) is 1.14. The zero-order valence-electron chi connectivity index (χ0n) is 12.5. The van der Waals surface area contributed by atoms with Gasteiger partial charge in [0.25, 0.3) is 0 Å². The molecule has 1 aromatic heterocycles. The first-order valence-corrected chi connectivity index (χ1v) is 7.54. The van der Waals surface area contributed by atoms with Crippen molar-refractivity contribution in [3.8, 4) is 0 Å². The fraction of sp³-hybridized carbons (Fsp3) is 0.294. The standard InChI is InChI=1S/C17H18FN3O2/c18-14-3-1-12(2-4-14)16-13(7-10-23-16)11-20-17(22)21-15-5-8-19-9-6-15/h1-6,8-9,13,16H,7,10-11H2,(H2,19,20,21,22)/t13-,16-/m0/s1. The van der Waals surface area contributed by atoms with Crippen LogP contribution in [0.25, 0.3) is 0 Å². The molecule has 23 heavy (non-hydrogen) atoms. The number of nitrogens with one attached hydrogen (secondary N) is 2. The summed E-state index contributed by atoms with van der Waals surface area (Å²) in [7, 11) is 0. The summed E-state index contributed by atoms with van der Waals surface area (Å²) < 4.78 is 18.8. The fourth-order valence-corrected chi connectivity index (χ4v) is 2.70. The van der Waals surface area contributed by atoms with Gasteiger partial charge in [0.1, 0.15) is 5.82 Å². The molecule has 3 rings (SSSR count). The van der Waals surface area contributed by atoms with Crippen LogP contribution in [-0.2, 0) is 4.74 Å². The van der Waals surface area contributed by atoms with Crippen LogP contribution in [0.2, 0.25) is 0 Å². The maximum absolute atomic E-state index is 13.0. The Kier molecular flexibility index (Phi) is 4.83. The lowest BCUT2D eigenvalue weighted by Crippen LogP contribution is -2.34. The summed E-state index contributed by atoms with van der Waals surface area (Å²) in [5.41, 5.74) is 1.63. The van der Waals surface area contributed by atoms with Crippen LogP contribution in [0.15, 0.2) is 48.8 Å². The molecule has 2 aromatic rings. The molecule has 0 saturated carbocycles. The first-order chi connectivity index (χ1) is 11.2. The van der Waals surface area contributed by atoms with Crippen molar-refractivity contribution >= 4 is 11.7 Å². The van der Waals surface area contributed by atoms with Gasteiger partial charge in [0, 0.05) is 37.2 Å². The van der Waals surface area contributed by atoms with Crippen LogP contribution in [0.4, 0.5) is 14.9 Å². The van der Waals surface area contributed by atoms with Crippen molar-refractivity contribution in [2.45, 2.75) is 12.5 Å². The van der Waals surface area contributed by atoms with Crippen molar-refractivity contribution in [1.29, 1.82) is 0 Å². The third-order valence-corrected chi connectivity index (χ3v) is 3.88. The molecule has 0 radical (unpaired) electrons. The number of carbonyl (C=O) groups excluding carboxylic acids is 1. The molecule has 0 aliphatic carbocycles. The van der Waals surface area contributed by atoms with Crippen molar-refractivity contribution in [3.63, 3.8) is 0 Å². The van der Waals surface area contributed by atoms with E-state index in [1.54, 1.807) is 36.7 Å². The summed E-state index contributed by atoms with van der Waals surface area (Å²) in [6.07, 6.45) is 3.98. The van der Waals surface area contributed by atoms with E-state index in [0.717, 1.165) is 12.0 Å². The highest BCUT2D eigenvalue weighted by atomic mass is 19.1. The number of amides is 2. The van der Waals surface area contributed by atoms with Gasteiger partial charge in [0.05, 0.1) is 6.10 Å². The minimum atomic E-state index is -0.266. The lowest BCUT2D eigenvalue weighted by Gasteiger charge is -2.19. The van der Waals surface area contributed by atoms with Gasteiger partial charge in [-0.1, -0.05) is 12.1 Å². The predicted molar refractivity (Wildman–Crippen MR) is 84.5 cm³/mol. The van der Waals surface area contributed by atoms with Gasteiger partial charge in [0.15, 0.2) is 0 Å². The van der Waals surface area contributed by atoms with Crippen molar-refractivity contribution in [2.75, 3.05) is 18.5 Å². The molecular formula is C17H18FN3O2. The minimum absolute atomic E-state index is 0.114. The lowest BCUT2D eigenvalue weighted by molar-refractivity contribution is 0.0911. The Labute approximate surface area is 133 Å². The van der Waals surface area contributed by atoms with E-state index < -0.39 is 0 Å². The van der Waals surface area contributed by atoms with Gasteiger partial charge in [-0.2, -0.15) is 0 Å². The summed E-state index contributed by atoms with van der Waals surface area (Å²) in [5.74, 6) is -0.0956. The van der Waals surface area contributed by atoms with Crippen molar-refractivity contribution in [2.24, 2.45) is 5.92 Å². The molecule has 6 heteroatoms. The average molecular weight is 315 g/mol. The highest BCUT2D eigenvalue weighted by molar-refractivity contribution is 5.89. The number of hydrogen-bond acceptors (Lipinski definition) is 3. The second-order valence-corrected chi connectivity index (χ2v) is 5.46. The van der Waals surface area contributed by atoms with E-state index in [-0.39, 0.29) is 23.9 Å². The van der Waals surface area contributed by atoms with Crippen LogP contribution in [0.1, 0.15) is 18.1 Å². The van der Waals surface area contributed by atoms with E-state index in [1.807, 2.05) is 0 Å². The summed E-state index contributed by atoms with van der Waals surface area (Å²) in [4.78, 5) is 15.8. The molecule has 2 atom stereocenters. The quantitative estimate of drug-likeness (QED) is 0.911. The molecule has 0 spiro atoms. The van der Waals surface area contributed by atoms with Crippen molar-refractivity contribution < 1.29 is 13.9 Å². The van der Waals surface area contributed by atoms with E-state index in [2.05, 4.69) is 15.6 Å². The first kappa shape index (κ1) is 15.4. The van der Waals surface area contributed by atoms with E-state index in [1.165, 1.54) is 12.1 Å². The molecule has 5 nitrogen and oxygen atoms in total. The molecule has 1 aromatic carbocycles. The second-order valence-electron chi connectivity index (χ2n) is 5.46. The molecule has 1 saturated heterocycles. The maximum Gasteiger partial charge on any atom is 0.319 e. The lowest BCUT2D eigenvalue weighted by atomic mass is 9.95. The van der Waals surface area contributed by atoms with E-state index in [0.29, 0.717) is 18.8 Å². The largest absolute Gasteiger partial charge is 0.373 e. The van der Waals surface area contributed by atoms with Crippen LogP contribution in [0.3, 0.4) is 0 Å².